The molecule has 28 heavy (non-hydrogen) atoms. The average Bonchev–Trinajstić information content (AvgIpc) is 2.85. The van der Waals surface area contributed by atoms with E-state index in [0.717, 1.165) is 30.3 Å². The SMILES string of the molecule is CCNC(=NCCc1c(C)nn(C)c1C)N1CCN(C(C)C(F)(F)F)CC1.I. The topological polar surface area (TPSA) is 48.7 Å². The van der Waals surface area contributed by atoms with E-state index in [4.69, 9.17) is 4.99 Å². The molecule has 1 aromatic heterocycles. The predicted molar refractivity (Wildman–Crippen MR) is 116 cm³/mol. The normalized spacial score (nSPS) is 17.4. The van der Waals surface area contributed by atoms with Gasteiger partial charge in [-0.05, 0) is 39.7 Å². The molecule has 2 rings (SSSR count). The maximum atomic E-state index is 12.9. The highest BCUT2D eigenvalue weighted by Crippen LogP contribution is 2.25. The third-order valence-corrected chi connectivity index (χ3v) is 5.25. The molecule has 162 valence electrons. The molecule has 1 aliphatic rings. The van der Waals surface area contributed by atoms with Crippen molar-refractivity contribution >= 4 is 29.9 Å². The van der Waals surface area contributed by atoms with Gasteiger partial charge in [-0.15, -0.1) is 24.0 Å². The Bertz CT molecular complexity index is 650. The van der Waals surface area contributed by atoms with E-state index < -0.39 is 12.2 Å². The second-order valence-electron chi connectivity index (χ2n) is 7.00. The quantitative estimate of drug-likeness (QED) is 0.372. The van der Waals surface area contributed by atoms with Gasteiger partial charge in [-0.1, -0.05) is 0 Å². The fourth-order valence-corrected chi connectivity index (χ4v) is 3.41. The highest BCUT2D eigenvalue weighted by atomic mass is 127. The first kappa shape index (κ1) is 25.0. The molecule has 1 saturated heterocycles. The molecule has 1 atom stereocenters. The van der Waals surface area contributed by atoms with Gasteiger partial charge in [0.05, 0.1) is 5.69 Å². The van der Waals surface area contributed by atoms with Crippen LogP contribution in [0, 0.1) is 13.8 Å². The van der Waals surface area contributed by atoms with E-state index in [2.05, 4.69) is 10.4 Å². The monoisotopic (exact) mass is 516 g/mol. The second-order valence-corrected chi connectivity index (χ2v) is 7.00. The molecule has 10 heteroatoms. The summed E-state index contributed by atoms with van der Waals surface area (Å²) in [5, 5.41) is 7.69. The van der Waals surface area contributed by atoms with Gasteiger partial charge in [0, 0.05) is 52.0 Å². The highest BCUT2D eigenvalue weighted by molar-refractivity contribution is 14.0. The first-order chi connectivity index (χ1) is 12.6. The molecule has 0 aliphatic carbocycles. The number of guanidine groups is 1. The summed E-state index contributed by atoms with van der Waals surface area (Å²) in [5.41, 5.74) is 3.37. The summed E-state index contributed by atoms with van der Waals surface area (Å²) >= 11 is 0. The first-order valence-electron chi connectivity index (χ1n) is 9.48. The van der Waals surface area contributed by atoms with Crippen molar-refractivity contribution in [3.63, 3.8) is 0 Å². The van der Waals surface area contributed by atoms with E-state index >= 15 is 0 Å². The van der Waals surface area contributed by atoms with E-state index in [-0.39, 0.29) is 24.0 Å². The van der Waals surface area contributed by atoms with Crippen LogP contribution in [0.4, 0.5) is 13.2 Å². The van der Waals surface area contributed by atoms with Crippen LogP contribution in [-0.2, 0) is 13.5 Å². The van der Waals surface area contributed by atoms with Crippen LogP contribution in [-0.4, -0.2) is 77.0 Å². The Morgan fingerprint density at radius 2 is 1.82 bits per heavy atom. The van der Waals surface area contributed by atoms with E-state index in [1.165, 1.54) is 17.4 Å². The fraction of sp³-hybridized carbons (Fsp3) is 0.778. The smallest absolute Gasteiger partial charge is 0.357 e. The third-order valence-electron chi connectivity index (χ3n) is 5.25. The molecule has 0 aromatic carbocycles. The van der Waals surface area contributed by atoms with Gasteiger partial charge >= 0.3 is 6.18 Å². The molecule has 0 amide bonds. The minimum Gasteiger partial charge on any atom is -0.357 e. The fourth-order valence-electron chi connectivity index (χ4n) is 3.41. The number of aromatic nitrogens is 2. The van der Waals surface area contributed by atoms with E-state index in [1.807, 2.05) is 37.4 Å². The Morgan fingerprint density at radius 3 is 2.29 bits per heavy atom. The first-order valence-corrected chi connectivity index (χ1v) is 9.48. The molecule has 1 aliphatic heterocycles. The highest BCUT2D eigenvalue weighted by Gasteiger charge is 2.41. The number of nitrogens with zero attached hydrogens (tertiary/aromatic N) is 5. The number of hydrogen-bond donors (Lipinski definition) is 1. The largest absolute Gasteiger partial charge is 0.403 e. The van der Waals surface area contributed by atoms with Crippen LogP contribution in [0.1, 0.15) is 30.8 Å². The lowest BCUT2D eigenvalue weighted by Gasteiger charge is -2.39. The minimum absolute atomic E-state index is 0. The summed E-state index contributed by atoms with van der Waals surface area (Å²) in [6.45, 7) is 10.5. The van der Waals surface area contributed by atoms with E-state index in [0.29, 0.717) is 32.7 Å². The van der Waals surface area contributed by atoms with Crippen molar-refractivity contribution in [2.24, 2.45) is 12.0 Å². The molecule has 1 fully saturated rings. The van der Waals surface area contributed by atoms with Crippen LogP contribution in [0.15, 0.2) is 4.99 Å². The molecular formula is C18H32F3IN6. The zero-order valence-corrected chi connectivity index (χ0v) is 19.6. The molecule has 1 aromatic rings. The number of hydrogen-bond acceptors (Lipinski definition) is 3. The van der Waals surface area contributed by atoms with Gasteiger partial charge in [-0.3, -0.25) is 14.6 Å². The molecular weight excluding hydrogens is 484 g/mol. The van der Waals surface area contributed by atoms with Crippen LogP contribution in [0.5, 0.6) is 0 Å². The molecule has 0 saturated carbocycles. The van der Waals surface area contributed by atoms with Gasteiger partial charge in [0.1, 0.15) is 6.04 Å². The van der Waals surface area contributed by atoms with Crippen LogP contribution in [0.3, 0.4) is 0 Å². The molecule has 6 nitrogen and oxygen atoms in total. The summed E-state index contributed by atoms with van der Waals surface area (Å²) in [6.07, 6.45) is -3.38. The molecule has 1 N–H and O–H groups in total. The summed E-state index contributed by atoms with van der Waals surface area (Å²) < 4.78 is 40.6. The lowest BCUT2D eigenvalue weighted by Crippen LogP contribution is -2.56. The summed E-state index contributed by atoms with van der Waals surface area (Å²) in [4.78, 5) is 8.23. The zero-order chi connectivity index (χ0) is 20.2. The molecule has 0 radical (unpaired) electrons. The predicted octanol–water partition coefficient (Wildman–Crippen LogP) is 2.73. The maximum Gasteiger partial charge on any atom is 0.403 e. The van der Waals surface area contributed by atoms with E-state index in [9.17, 15) is 13.2 Å². The van der Waals surface area contributed by atoms with Crippen LogP contribution in [0.25, 0.3) is 0 Å². The second kappa shape index (κ2) is 10.7. The van der Waals surface area contributed by atoms with Gasteiger partial charge < -0.3 is 10.2 Å². The van der Waals surface area contributed by atoms with Crippen LogP contribution < -0.4 is 5.32 Å². The van der Waals surface area contributed by atoms with Crippen molar-refractivity contribution in [3.05, 3.63) is 17.0 Å². The number of piperazine rings is 1. The zero-order valence-electron chi connectivity index (χ0n) is 17.3. The maximum absolute atomic E-state index is 12.9. The Kier molecular flexibility index (Phi) is 9.51. The Morgan fingerprint density at radius 1 is 1.21 bits per heavy atom. The standard InChI is InChI=1S/C18H31F3N6.HI/c1-6-22-17(23-8-7-16-13(2)24-25(5)14(16)3)27-11-9-26(10-12-27)15(4)18(19,20)21;/h15H,6-12H2,1-5H3,(H,22,23);1H. The van der Waals surface area contributed by atoms with Gasteiger partial charge in [0.2, 0.25) is 0 Å². The summed E-state index contributed by atoms with van der Waals surface area (Å²) in [7, 11) is 1.93. The lowest BCUT2D eigenvalue weighted by atomic mass is 10.1. The number of alkyl halides is 3. The lowest BCUT2D eigenvalue weighted by molar-refractivity contribution is -0.181. The minimum atomic E-state index is -4.18. The van der Waals surface area contributed by atoms with Crippen molar-refractivity contribution in [2.45, 2.75) is 46.3 Å². The van der Waals surface area contributed by atoms with E-state index in [1.54, 1.807) is 0 Å². The number of rotatable bonds is 5. The van der Waals surface area contributed by atoms with Crippen molar-refractivity contribution in [1.82, 2.24) is 24.9 Å². The van der Waals surface area contributed by atoms with Gasteiger partial charge in [0.15, 0.2) is 5.96 Å². The van der Waals surface area contributed by atoms with Gasteiger partial charge in [0.25, 0.3) is 0 Å². The number of aliphatic imine (C=N–C) groups is 1. The molecule has 2 heterocycles. The van der Waals surface area contributed by atoms with Gasteiger partial charge in [-0.2, -0.15) is 18.3 Å². The molecule has 0 spiro atoms. The van der Waals surface area contributed by atoms with Crippen molar-refractivity contribution in [2.75, 3.05) is 39.3 Å². The third kappa shape index (κ3) is 6.23. The average molecular weight is 516 g/mol. The molecule has 0 bridgehead atoms. The van der Waals surface area contributed by atoms with Crippen molar-refractivity contribution in [3.8, 4) is 0 Å². The Hall–Kier alpha value is -1.04. The number of aryl methyl sites for hydroxylation is 2. The Labute approximate surface area is 182 Å². The van der Waals surface area contributed by atoms with Crippen molar-refractivity contribution in [1.29, 1.82) is 0 Å². The van der Waals surface area contributed by atoms with Crippen molar-refractivity contribution < 1.29 is 13.2 Å². The van der Waals surface area contributed by atoms with Crippen LogP contribution in [0.2, 0.25) is 0 Å². The summed E-state index contributed by atoms with van der Waals surface area (Å²) in [5.74, 6) is 0.774. The number of nitrogens with one attached hydrogen (secondary N) is 1. The van der Waals surface area contributed by atoms with Gasteiger partial charge in [-0.25, -0.2) is 0 Å². The number of halogens is 4. The Balaban J connectivity index is 0.00000392. The molecule has 1 unspecified atom stereocenters. The summed E-state index contributed by atoms with van der Waals surface area (Å²) in [6, 6.07) is -1.41. The van der Waals surface area contributed by atoms with Crippen LogP contribution >= 0.6 is 24.0 Å².